The van der Waals surface area contributed by atoms with E-state index >= 15 is 0 Å². The lowest BCUT2D eigenvalue weighted by Gasteiger charge is -2.17. The maximum absolute atomic E-state index is 10.1. The molecule has 3 N–H and O–H groups in total. The van der Waals surface area contributed by atoms with Crippen LogP contribution in [0.5, 0.6) is 0 Å². The summed E-state index contributed by atoms with van der Waals surface area (Å²) in [6, 6.07) is 10.5. The third-order valence-electron chi connectivity index (χ3n) is 7.03. The van der Waals surface area contributed by atoms with Gasteiger partial charge in [0.2, 0.25) is 5.95 Å². The molecule has 3 aromatic heterocycles. The second-order valence-corrected chi connectivity index (χ2v) is 11.0. The van der Waals surface area contributed by atoms with Gasteiger partial charge in [-0.05, 0) is 56.7 Å². The summed E-state index contributed by atoms with van der Waals surface area (Å²) in [5.41, 5.74) is 9.03. The van der Waals surface area contributed by atoms with Crippen LogP contribution in [0.2, 0.25) is 0 Å². The molecule has 208 valence electrons. The maximum Gasteiger partial charge on any atom is 0.228 e. The molecule has 9 heteroatoms. The van der Waals surface area contributed by atoms with E-state index in [0.29, 0.717) is 18.3 Å². The normalized spacial score (nSPS) is 13.7. The second kappa shape index (κ2) is 11.1. The number of fused-ring (bicyclic) bond motifs is 3. The second-order valence-electron chi connectivity index (χ2n) is 11.0. The molecule has 9 nitrogen and oxygen atoms in total. The Balaban J connectivity index is 1.48. The summed E-state index contributed by atoms with van der Waals surface area (Å²) in [7, 11) is 3.92. The molecule has 0 aliphatic heterocycles. The van der Waals surface area contributed by atoms with Crippen LogP contribution in [0.4, 0.5) is 11.8 Å². The first-order valence-electron chi connectivity index (χ1n) is 13.8. The first-order valence-corrected chi connectivity index (χ1v) is 13.8. The number of rotatable bonds is 9. The Kier molecular flexibility index (Phi) is 7.58. The molecule has 0 spiro atoms. The van der Waals surface area contributed by atoms with Crippen LogP contribution >= 0.6 is 0 Å². The Hall–Kier alpha value is -4.24. The highest BCUT2D eigenvalue weighted by Gasteiger charge is 2.27. The molecule has 0 bridgehead atoms. The van der Waals surface area contributed by atoms with E-state index in [9.17, 15) is 5.11 Å². The summed E-state index contributed by atoms with van der Waals surface area (Å²) in [6.45, 7) is 8.23. The molecule has 0 saturated heterocycles. The van der Waals surface area contributed by atoms with Crippen LogP contribution in [-0.2, 0) is 26.4 Å². The number of anilines is 2. The fourth-order valence-electron chi connectivity index (χ4n) is 5.03. The van der Waals surface area contributed by atoms with Crippen molar-refractivity contribution in [3.63, 3.8) is 0 Å². The third kappa shape index (κ3) is 5.84. The average molecular weight is 539 g/mol. The monoisotopic (exact) mass is 538 g/mol. The molecular formula is C31H38N8O. The van der Waals surface area contributed by atoms with E-state index in [1.807, 2.05) is 43.4 Å². The van der Waals surface area contributed by atoms with Crippen LogP contribution in [0, 0.1) is 0 Å². The van der Waals surface area contributed by atoms with Gasteiger partial charge in [-0.1, -0.05) is 42.8 Å². The summed E-state index contributed by atoms with van der Waals surface area (Å²) in [5, 5.41) is 25.9. The van der Waals surface area contributed by atoms with E-state index in [-0.39, 0.29) is 0 Å². The zero-order valence-corrected chi connectivity index (χ0v) is 24.2. The van der Waals surface area contributed by atoms with Gasteiger partial charge in [0, 0.05) is 49.9 Å². The van der Waals surface area contributed by atoms with E-state index in [1.54, 1.807) is 18.5 Å². The van der Waals surface area contributed by atoms with E-state index in [2.05, 4.69) is 64.9 Å². The van der Waals surface area contributed by atoms with Crippen molar-refractivity contribution in [2.75, 3.05) is 12.4 Å². The lowest BCUT2D eigenvalue weighted by molar-refractivity contribution is 0.0578. The highest BCUT2D eigenvalue weighted by atomic mass is 16.3. The number of nitrogens with one attached hydrogen (secondary N) is 2. The Morgan fingerprint density at radius 2 is 1.90 bits per heavy atom. The van der Waals surface area contributed by atoms with Gasteiger partial charge in [-0.2, -0.15) is 10.2 Å². The Labute approximate surface area is 235 Å². The largest absolute Gasteiger partial charge is 0.393 e. The first kappa shape index (κ1) is 27.3. The molecule has 0 atom stereocenters. The lowest BCUT2D eigenvalue weighted by atomic mass is 9.91. The van der Waals surface area contributed by atoms with E-state index in [1.165, 1.54) is 5.57 Å². The molecule has 1 aliphatic rings. The fourth-order valence-corrected chi connectivity index (χ4v) is 5.03. The molecule has 0 fully saturated rings. The molecule has 0 unspecified atom stereocenters. The van der Waals surface area contributed by atoms with Crippen molar-refractivity contribution in [1.82, 2.24) is 34.8 Å². The van der Waals surface area contributed by atoms with Crippen LogP contribution in [-0.4, -0.2) is 47.3 Å². The van der Waals surface area contributed by atoms with Gasteiger partial charge in [0.25, 0.3) is 0 Å². The van der Waals surface area contributed by atoms with Crippen LogP contribution in [0.25, 0.3) is 28.1 Å². The van der Waals surface area contributed by atoms with Gasteiger partial charge >= 0.3 is 0 Å². The third-order valence-corrected chi connectivity index (χ3v) is 7.03. The highest BCUT2D eigenvalue weighted by Crippen LogP contribution is 2.40. The van der Waals surface area contributed by atoms with Crippen LogP contribution < -0.4 is 10.6 Å². The van der Waals surface area contributed by atoms with Crippen LogP contribution in [0.3, 0.4) is 0 Å². The number of hydrogen-bond donors (Lipinski definition) is 3. The quantitative estimate of drug-likeness (QED) is 0.249. The molecule has 5 rings (SSSR count). The fraction of sp³-hybridized carbons (Fsp3) is 0.355. The van der Waals surface area contributed by atoms with Crippen molar-refractivity contribution in [3.8, 4) is 22.5 Å². The molecule has 1 aliphatic carbocycles. The predicted octanol–water partition coefficient (Wildman–Crippen LogP) is 5.27. The van der Waals surface area contributed by atoms with Gasteiger partial charge in [-0.15, -0.1) is 0 Å². The van der Waals surface area contributed by atoms with E-state index < -0.39 is 5.60 Å². The highest BCUT2D eigenvalue weighted by molar-refractivity contribution is 5.85. The average Bonchev–Trinajstić information content (AvgIpc) is 3.50. The minimum atomic E-state index is -0.854. The molecule has 0 amide bonds. The van der Waals surface area contributed by atoms with Crippen molar-refractivity contribution in [3.05, 3.63) is 77.4 Å². The standard InChI is InChI=1S/C31H38N8O/c1-7-20(2)16-24(17-32-5)21-8-10-22(11-9-21)29-27-25(36-38(29)6)13-12-23-18-33-30(35-28(23)27)34-26-14-15-39(37-26)19-31(3,4)40/h8-11,14-18,32,40H,7,12-13,19H2,1-6H3,(H,33,34,35,37)/b20-16+,24-17+. The summed E-state index contributed by atoms with van der Waals surface area (Å²) in [6.07, 6.45) is 10.7. The van der Waals surface area contributed by atoms with Crippen molar-refractivity contribution in [2.45, 2.75) is 59.1 Å². The van der Waals surface area contributed by atoms with Crippen molar-refractivity contribution in [1.29, 1.82) is 0 Å². The van der Waals surface area contributed by atoms with Gasteiger partial charge in [0.05, 0.1) is 29.2 Å². The summed E-state index contributed by atoms with van der Waals surface area (Å²) >= 11 is 0. The van der Waals surface area contributed by atoms with Gasteiger partial charge in [0.1, 0.15) is 0 Å². The number of nitrogens with zero attached hydrogens (tertiary/aromatic N) is 6. The summed E-state index contributed by atoms with van der Waals surface area (Å²) in [4.78, 5) is 9.51. The minimum absolute atomic E-state index is 0.391. The minimum Gasteiger partial charge on any atom is -0.393 e. The van der Waals surface area contributed by atoms with Crippen molar-refractivity contribution >= 4 is 17.3 Å². The number of aryl methyl sites for hydroxylation is 3. The molecule has 40 heavy (non-hydrogen) atoms. The molecule has 1 aromatic carbocycles. The smallest absolute Gasteiger partial charge is 0.228 e. The van der Waals surface area contributed by atoms with Gasteiger partial charge in [-0.25, -0.2) is 9.97 Å². The maximum atomic E-state index is 10.1. The number of benzene rings is 1. The topological polar surface area (TPSA) is 106 Å². The van der Waals surface area contributed by atoms with Crippen LogP contribution in [0.1, 0.15) is 50.9 Å². The Morgan fingerprint density at radius 3 is 2.60 bits per heavy atom. The SMILES string of the molecule is CC/C(C)=C/C(=C\NC)c1ccc(-c2c3c(nn2C)CCc2cnc(Nc4ccn(CC(C)(C)O)n4)nc2-3)cc1. The number of aromatic nitrogens is 6. The summed E-state index contributed by atoms with van der Waals surface area (Å²) in [5.74, 6) is 1.10. The summed E-state index contributed by atoms with van der Waals surface area (Å²) < 4.78 is 3.67. The van der Waals surface area contributed by atoms with Gasteiger partial charge < -0.3 is 15.7 Å². The number of hydrogen-bond acceptors (Lipinski definition) is 7. The van der Waals surface area contributed by atoms with Crippen LogP contribution in [0.15, 0.2) is 60.6 Å². The Morgan fingerprint density at radius 1 is 1.12 bits per heavy atom. The number of aliphatic hydroxyl groups is 1. The zero-order valence-electron chi connectivity index (χ0n) is 24.2. The molecule has 0 radical (unpaired) electrons. The lowest BCUT2D eigenvalue weighted by Crippen LogP contribution is -2.26. The number of allylic oxidation sites excluding steroid dienone is 3. The van der Waals surface area contributed by atoms with E-state index in [0.717, 1.165) is 64.2 Å². The van der Waals surface area contributed by atoms with Gasteiger partial charge in [0.15, 0.2) is 5.82 Å². The first-order chi connectivity index (χ1) is 19.1. The Bertz CT molecular complexity index is 1570. The molecular weight excluding hydrogens is 500 g/mol. The molecule has 0 saturated carbocycles. The molecule has 4 aromatic rings. The van der Waals surface area contributed by atoms with E-state index in [4.69, 9.17) is 10.1 Å². The zero-order chi connectivity index (χ0) is 28.4. The van der Waals surface area contributed by atoms with Gasteiger partial charge in [-0.3, -0.25) is 9.36 Å². The predicted molar refractivity (Wildman–Crippen MR) is 160 cm³/mol. The van der Waals surface area contributed by atoms with Crippen molar-refractivity contribution < 1.29 is 5.11 Å². The van der Waals surface area contributed by atoms with Crippen molar-refractivity contribution in [2.24, 2.45) is 7.05 Å². The molecule has 3 heterocycles.